The summed E-state index contributed by atoms with van der Waals surface area (Å²) in [7, 11) is -2.63. The summed E-state index contributed by atoms with van der Waals surface area (Å²) in [6, 6.07) is 3.05. The zero-order valence-corrected chi connectivity index (χ0v) is 15.3. The minimum absolute atomic E-state index is 0.0160. The number of anilines is 1. The zero-order valence-electron chi connectivity index (χ0n) is 13.6. The molecule has 0 aliphatic carbocycles. The van der Waals surface area contributed by atoms with Gasteiger partial charge in [-0.3, -0.25) is 0 Å². The second-order valence-electron chi connectivity index (χ2n) is 5.47. The molecule has 10 heteroatoms. The average molecular weight is 382 g/mol. The van der Waals surface area contributed by atoms with Gasteiger partial charge in [-0.2, -0.15) is 0 Å². The molecule has 8 nitrogen and oxygen atoms in total. The van der Waals surface area contributed by atoms with E-state index in [0.717, 1.165) is 37.3 Å². The van der Waals surface area contributed by atoms with E-state index in [1.165, 1.54) is 18.6 Å². The highest BCUT2D eigenvalue weighted by Gasteiger charge is 2.24. The lowest BCUT2D eigenvalue weighted by Crippen LogP contribution is -2.26. The first-order chi connectivity index (χ1) is 12.0. The predicted octanol–water partition coefficient (Wildman–Crippen LogP) is 1.40. The molecule has 25 heavy (non-hydrogen) atoms. The van der Waals surface area contributed by atoms with E-state index in [0.29, 0.717) is 11.6 Å². The number of hydrogen-bond acceptors (Lipinski definition) is 8. The number of rotatable bonds is 6. The van der Waals surface area contributed by atoms with Crippen LogP contribution in [0.1, 0.15) is 28.2 Å². The van der Waals surface area contributed by atoms with Gasteiger partial charge in [-0.1, -0.05) is 0 Å². The Balaban J connectivity index is 1.74. The molecule has 1 N–H and O–H groups in total. The van der Waals surface area contributed by atoms with Crippen LogP contribution in [0.5, 0.6) is 0 Å². The summed E-state index contributed by atoms with van der Waals surface area (Å²) in [6.45, 7) is 1.83. The van der Waals surface area contributed by atoms with E-state index in [2.05, 4.69) is 24.3 Å². The van der Waals surface area contributed by atoms with Crippen LogP contribution in [-0.2, 0) is 21.3 Å². The Morgan fingerprint density at radius 2 is 2.12 bits per heavy atom. The third-order valence-electron chi connectivity index (χ3n) is 3.82. The maximum Gasteiger partial charge on any atom is 0.349 e. The number of sulfonamides is 1. The molecule has 3 heterocycles. The van der Waals surface area contributed by atoms with Crippen LogP contribution in [0.25, 0.3) is 0 Å². The van der Waals surface area contributed by atoms with E-state index in [4.69, 9.17) is 0 Å². The van der Waals surface area contributed by atoms with Gasteiger partial charge in [-0.25, -0.2) is 27.9 Å². The van der Waals surface area contributed by atoms with Gasteiger partial charge in [-0.15, -0.1) is 11.3 Å². The highest BCUT2D eigenvalue weighted by Crippen LogP contribution is 2.23. The lowest BCUT2D eigenvalue weighted by Gasteiger charge is -2.15. The van der Waals surface area contributed by atoms with Crippen molar-refractivity contribution in [3.05, 3.63) is 34.3 Å². The Morgan fingerprint density at radius 1 is 1.36 bits per heavy atom. The topological polar surface area (TPSA) is 101 Å². The molecule has 0 unspecified atom stereocenters. The molecule has 134 valence electrons. The van der Waals surface area contributed by atoms with Gasteiger partial charge < -0.3 is 9.64 Å². The fraction of sp³-hybridized carbons (Fsp3) is 0.400. The van der Waals surface area contributed by atoms with Crippen molar-refractivity contribution in [2.75, 3.05) is 25.1 Å². The largest absolute Gasteiger partial charge is 0.465 e. The van der Waals surface area contributed by atoms with Gasteiger partial charge in [0, 0.05) is 19.3 Å². The highest BCUT2D eigenvalue weighted by molar-refractivity contribution is 7.89. The second-order valence-corrected chi connectivity index (χ2v) is 8.12. The number of carbonyl (C=O) groups excluding carboxylic acids is 1. The second kappa shape index (κ2) is 7.46. The standard InChI is InChI=1S/C15H18N4O4S2/c1-23-14(20)13-12(5-9-24-13)25(21,22)17-10-11-4-6-16-15(18-11)19-7-2-3-8-19/h4-6,9,17H,2-3,7-8,10H2,1H3. The zero-order chi connectivity index (χ0) is 17.9. The van der Waals surface area contributed by atoms with Gasteiger partial charge in [0.2, 0.25) is 16.0 Å². The van der Waals surface area contributed by atoms with Gasteiger partial charge in [0.25, 0.3) is 0 Å². The summed E-state index contributed by atoms with van der Waals surface area (Å²) in [5.74, 6) is -0.0614. The number of esters is 1. The average Bonchev–Trinajstić information content (AvgIpc) is 3.31. The SMILES string of the molecule is COC(=O)c1sccc1S(=O)(=O)NCc1ccnc(N2CCCC2)n1. The summed E-state index contributed by atoms with van der Waals surface area (Å²) in [5, 5.41) is 1.54. The predicted molar refractivity (Wildman–Crippen MR) is 93.2 cm³/mol. The van der Waals surface area contributed by atoms with Crippen LogP contribution in [-0.4, -0.2) is 44.6 Å². The molecule has 0 bridgehead atoms. The van der Waals surface area contributed by atoms with Crippen LogP contribution >= 0.6 is 11.3 Å². The van der Waals surface area contributed by atoms with E-state index < -0.39 is 16.0 Å². The molecule has 0 saturated carbocycles. The molecular formula is C15H18N4O4S2. The number of aromatic nitrogens is 2. The fourth-order valence-electron chi connectivity index (χ4n) is 2.55. The van der Waals surface area contributed by atoms with Gasteiger partial charge >= 0.3 is 5.97 Å². The maximum atomic E-state index is 12.5. The van der Waals surface area contributed by atoms with Crippen molar-refractivity contribution in [2.24, 2.45) is 0 Å². The number of hydrogen-bond donors (Lipinski definition) is 1. The minimum atomic E-state index is -3.85. The smallest absolute Gasteiger partial charge is 0.349 e. The van der Waals surface area contributed by atoms with Crippen LogP contribution in [0.15, 0.2) is 28.6 Å². The molecule has 1 aliphatic heterocycles. The van der Waals surface area contributed by atoms with Gasteiger partial charge in [-0.05, 0) is 30.4 Å². The summed E-state index contributed by atoms with van der Waals surface area (Å²) in [6.07, 6.45) is 3.83. The van der Waals surface area contributed by atoms with Gasteiger partial charge in [0.1, 0.15) is 9.77 Å². The molecule has 0 aromatic carbocycles. The molecule has 0 atom stereocenters. The summed E-state index contributed by atoms with van der Waals surface area (Å²) in [5.41, 5.74) is 0.565. The maximum absolute atomic E-state index is 12.5. The van der Waals surface area contributed by atoms with Crippen molar-refractivity contribution >= 4 is 33.3 Å². The van der Waals surface area contributed by atoms with Crippen molar-refractivity contribution in [1.29, 1.82) is 0 Å². The number of thiophene rings is 1. The van der Waals surface area contributed by atoms with Crippen molar-refractivity contribution in [3.63, 3.8) is 0 Å². The number of nitrogens with one attached hydrogen (secondary N) is 1. The molecule has 1 aliphatic rings. The summed E-state index contributed by atoms with van der Waals surface area (Å²) >= 11 is 1.02. The molecule has 0 spiro atoms. The van der Waals surface area contributed by atoms with Crippen molar-refractivity contribution in [1.82, 2.24) is 14.7 Å². The third kappa shape index (κ3) is 3.97. The van der Waals surface area contributed by atoms with Crippen LogP contribution in [0.3, 0.4) is 0 Å². The molecular weight excluding hydrogens is 364 g/mol. The highest BCUT2D eigenvalue weighted by atomic mass is 32.2. The summed E-state index contributed by atoms with van der Waals surface area (Å²) in [4.78, 5) is 22.4. The van der Waals surface area contributed by atoms with E-state index in [1.54, 1.807) is 12.3 Å². The first-order valence-electron chi connectivity index (χ1n) is 7.73. The lowest BCUT2D eigenvalue weighted by molar-refractivity contribution is 0.0602. The molecule has 1 saturated heterocycles. The monoisotopic (exact) mass is 382 g/mol. The molecule has 0 amide bonds. The van der Waals surface area contributed by atoms with E-state index in [9.17, 15) is 13.2 Å². The molecule has 2 aromatic heterocycles. The summed E-state index contributed by atoms with van der Waals surface area (Å²) < 4.78 is 32.1. The van der Waals surface area contributed by atoms with Crippen molar-refractivity contribution in [3.8, 4) is 0 Å². The first-order valence-corrected chi connectivity index (χ1v) is 10.1. The Bertz CT molecular complexity index is 860. The first kappa shape index (κ1) is 17.8. The number of carbonyl (C=O) groups is 1. The van der Waals surface area contributed by atoms with Gasteiger partial charge in [0.05, 0.1) is 19.3 Å². The van der Waals surface area contributed by atoms with Crippen LogP contribution in [0.2, 0.25) is 0 Å². The van der Waals surface area contributed by atoms with Crippen molar-refractivity contribution in [2.45, 2.75) is 24.3 Å². The lowest BCUT2D eigenvalue weighted by atomic mass is 10.4. The van der Waals surface area contributed by atoms with E-state index in [-0.39, 0.29) is 16.3 Å². The van der Waals surface area contributed by atoms with Gasteiger partial charge in [0.15, 0.2) is 0 Å². The molecule has 2 aromatic rings. The minimum Gasteiger partial charge on any atom is -0.465 e. The quantitative estimate of drug-likeness (QED) is 0.754. The Hall–Kier alpha value is -2.04. The number of methoxy groups -OCH3 is 1. The molecule has 3 rings (SSSR count). The normalized spacial score (nSPS) is 14.7. The van der Waals surface area contributed by atoms with Crippen molar-refractivity contribution < 1.29 is 17.9 Å². The van der Waals surface area contributed by atoms with Crippen LogP contribution < -0.4 is 9.62 Å². The Kier molecular flexibility index (Phi) is 5.30. The number of ether oxygens (including phenoxy) is 1. The molecule has 0 radical (unpaired) electrons. The van der Waals surface area contributed by atoms with E-state index in [1.807, 2.05) is 0 Å². The van der Waals surface area contributed by atoms with Crippen LogP contribution in [0.4, 0.5) is 5.95 Å². The van der Waals surface area contributed by atoms with E-state index >= 15 is 0 Å². The third-order valence-corrected chi connectivity index (χ3v) is 6.29. The number of nitrogens with zero attached hydrogens (tertiary/aromatic N) is 3. The Labute approximate surface area is 149 Å². The molecule has 1 fully saturated rings. The Morgan fingerprint density at radius 3 is 2.84 bits per heavy atom. The van der Waals surface area contributed by atoms with Crippen LogP contribution in [0, 0.1) is 0 Å². The fourth-order valence-corrected chi connectivity index (χ4v) is 4.88.